The number of rotatable bonds is 7. The number of hydrogen-bond acceptors (Lipinski definition) is 4. The number of hydrogen-bond donors (Lipinski definition) is 1. The molecule has 0 bridgehead atoms. The lowest BCUT2D eigenvalue weighted by atomic mass is 9.71. The first-order valence-electron chi connectivity index (χ1n) is 11.1. The van der Waals surface area contributed by atoms with Gasteiger partial charge in [0, 0.05) is 49.7 Å². The van der Waals surface area contributed by atoms with Gasteiger partial charge >= 0.3 is 5.97 Å². The molecule has 5 rings (SSSR count). The van der Waals surface area contributed by atoms with E-state index in [1.807, 2.05) is 42.5 Å². The van der Waals surface area contributed by atoms with Gasteiger partial charge in [0.05, 0.1) is 12.2 Å². The number of aromatic carboxylic acids is 1. The number of nitrogens with zero attached hydrogens (tertiary/aromatic N) is 2. The summed E-state index contributed by atoms with van der Waals surface area (Å²) >= 11 is 0. The fraction of sp³-hybridized carbons (Fsp3) is 0.296. The first kappa shape index (κ1) is 20.6. The molecule has 0 saturated carbocycles. The molecule has 5 nitrogen and oxygen atoms in total. The van der Waals surface area contributed by atoms with Crippen molar-refractivity contribution in [3.05, 3.63) is 96.1 Å². The molecule has 1 spiro atoms. The van der Waals surface area contributed by atoms with Crippen LogP contribution in [0, 0.1) is 11.3 Å². The van der Waals surface area contributed by atoms with Crippen LogP contribution in [0.3, 0.4) is 0 Å². The third-order valence-corrected chi connectivity index (χ3v) is 6.82. The lowest BCUT2D eigenvalue weighted by Crippen LogP contribution is -2.61. The summed E-state index contributed by atoms with van der Waals surface area (Å²) in [7, 11) is 0. The predicted octanol–water partition coefficient (Wildman–Crippen LogP) is 4.40. The molecule has 1 N–H and O–H groups in total. The zero-order valence-corrected chi connectivity index (χ0v) is 18.1. The van der Waals surface area contributed by atoms with Crippen molar-refractivity contribution in [2.45, 2.75) is 6.54 Å². The Morgan fingerprint density at radius 3 is 2.22 bits per heavy atom. The highest BCUT2D eigenvalue weighted by Crippen LogP contribution is 2.46. The van der Waals surface area contributed by atoms with Crippen LogP contribution in [0.25, 0.3) is 0 Å². The number of likely N-dealkylation sites (tertiary alicyclic amines) is 1. The summed E-state index contributed by atoms with van der Waals surface area (Å²) in [4.78, 5) is 16.1. The minimum absolute atomic E-state index is 0.214. The molecule has 0 aliphatic carbocycles. The quantitative estimate of drug-likeness (QED) is 0.604. The second kappa shape index (κ2) is 8.67. The van der Waals surface area contributed by atoms with Crippen LogP contribution in [0.5, 0.6) is 5.75 Å². The summed E-state index contributed by atoms with van der Waals surface area (Å²) in [5.41, 5.74) is 2.97. The highest BCUT2D eigenvalue weighted by molar-refractivity contribution is 5.87. The van der Waals surface area contributed by atoms with E-state index in [-0.39, 0.29) is 5.41 Å². The van der Waals surface area contributed by atoms with E-state index in [1.165, 1.54) is 5.69 Å². The van der Waals surface area contributed by atoms with E-state index in [2.05, 4.69) is 40.1 Å². The maximum absolute atomic E-state index is 11.1. The molecule has 2 fully saturated rings. The summed E-state index contributed by atoms with van der Waals surface area (Å²) in [6.45, 7) is 5.62. The summed E-state index contributed by atoms with van der Waals surface area (Å²) < 4.78 is 6.19. The minimum Gasteiger partial charge on any atom is -0.493 e. The first-order chi connectivity index (χ1) is 15.6. The summed E-state index contributed by atoms with van der Waals surface area (Å²) in [5, 5.41) is 9.15. The van der Waals surface area contributed by atoms with E-state index < -0.39 is 5.97 Å². The molecule has 1 unspecified atom stereocenters. The average Bonchev–Trinajstić information content (AvgIpc) is 3.16. The molecule has 3 aromatic rings. The van der Waals surface area contributed by atoms with Gasteiger partial charge in [0.25, 0.3) is 0 Å². The van der Waals surface area contributed by atoms with Crippen molar-refractivity contribution >= 4 is 11.7 Å². The molecule has 32 heavy (non-hydrogen) atoms. The number of para-hydroxylation sites is 2. The van der Waals surface area contributed by atoms with Crippen LogP contribution in [-0.2, 0) is 6.54 Å². The summed E-state index contributed by atoms with van der Waals surface area (Å²) in [6, 6.07) is 27.9. The van der Waals surface area contributed by atoms with Crippen LogP contribution in [0.2, 0.25) is 0 Å². The SMILES string of the molecule is O=C(O)c1ccc(CN2CC(COc3ccccc3)C3(C2)CN(c2ccccc2)C3)cc1. The van der Waals surface area contributed by atoms with E-state index in [1.54, 1.807) is 12.1 Å². The molecule has 2 saturated heterocycles. The van der Waals surface area contributed by atoms with E-state index in [0.717, 1.165) is 44.0 Å². The standard InChI is InChI=1S/C27H28N2O3/c30-26(31)22-13-11-21(12-14-22)15-28-16-23(17-32-25-9-5-2-6-10-25)27(18-28)19-29(20-27)24-7-3-1-4-8-24/h1-14,23H,15-20H2,(H,30,31). The third kappa shape index (κ3) is 4.21. The van der Waals surface area contributed by atoms with Crippen molar-refractivity contribution in [3.8, 4) is 5.75 Å². The number of carbonyl (C=O) groups is 1. The van der Waals surface area contributed by atoms with Crippen LogP contribution in [0.15, 0.2) is 84.9 Å². The zero-order valence-electron chi connectivity index (χ0n) is 18.1. The monoisotopic (exact) mass is 428 g/mol. The van der Waals surface area contributed by atoms with Gasteiger partial charge in [-0.1, -0.05) is 48.5 Å². The van der Waals surface area contributed by atoms with Gasteiger partial charge in [-0.3, -0.25) is 4.90 Å². The summed E-state index contributed by atoms with van der Waals surface area (Å²) in [6.07, 6.45) is 0. The molecule has 3 aromatic carbocycles. The second-order valence-corrected chi connectivity index (χ2v) is 9.05. The molecule has 0 radical (unpaired) electrons. The number of carboxylic acid groups (broad SMARTS) is 1. The Balaban J connectivity index is 1.29. The van der Waals surface area contributed by atoms with Crippen LogP contribution in [-0.4, -0.2) is 48.8 Å². The highest BCUT2D eigenvalue weighted by atomic mass is 16.5. The topological polar surface area (TPSA) is 53.0 Å². The van der Waals surface area contributed by atoms with Gasteiger partial charge in [-0.2, -0.15) is 0 Å². The zero-order chi connectivity index (χ0) is 22.0. The van der Waals surface area contributed by atoms with Crippen molar-refractivity contribution in [1.82, 2.24) is 4.90 Å². The molecule has 5 heteroatoms. The number of anilines is 1. The minimum atomic E-state index is -0.884. The Morgan fingerprint density at radius 2 is 1.56 bits per heavy atom. The maximum atomic E-state index is 11.1. The van der Waals surface area contributed by atoms with E-state index >= 15 is 0 Å². The Morgan fingerprint density at radius 1 is 0.906 bits per heavy atom. The van der Waals surface area contributed by atoms with Crippen LogP contribution >= 0.6 is 0 Å². The fourth-order valence-electron chi connectivity index (χ4n) is 5.11. The van der Waals surface area contributed by atoms with Crippen molar-refractivity contribution < 1.29 is 14.6 Å². The lowest BCUT2D eigenvalue weighted by Gasteiger charge is -2.52. The van der Waals surface area contributed by atoms with Gasteiger partial charge in [-0.25, -0.2) is 4.79 Å². The van der Waals surface area contributed by atoms with Crippen molar-refractivity contribution in [3.63, 3.8) is 0 Å². The number of carboxylic acids is 1. The van der Waals surface area contributed by atoms with E-state index in [9.17, 15) is 4.79 Å². The normalized spacial score (nSPS) is 19.6. The Hall–Kier alpha value is -3.31. The van der Waals surface area contributed by atoms with Gasteiger partial charge in [0.2, 0.25) is 0 Å². The van der Waals surface area contributed by atoms with Crippen LogP contribution < -0.4 is 9.64 Å². The maximum Gasteiger partial charge on any atom is 0.335 e. The summed E-state index contributed by atoms with van der Waals surface area (Å²) in [5.74, 6) is 0.482. The molecule has 1 atom stereocenters. The third-order valence-electron chi connectivity index (χ3n) is 6.82. The van der Waals surface area contributed by atoms with Crippen molar-refractivity contribution in [2.75, 3.05) is 37.7 Å². The molecule has 0 amide bonds. The number of benzene rings is 3. The second-order valence-electron chi connectivity index (χ2n) is 9.05. The number of ether oxygens (including phenoxy) is 1. The lowest BCUT2D eigenvalue weighted by molar-refractivity contribution is 0.0697. The Kier molecular flexibility index (Phi) is 5.58. The molecule has 2 aliphatic rings. The molecule has 2 heterocycles. The van der Waals surface area contributed by atoms with E-state index in [0.29, 0.717) is 18.1 Å². The highest BCUT2D eigenvalue weighted by Gasteiger charge is 2.54. The molecule has 2 aliphatic heterocycles. The van der Waals surface area contributed by atoms with Crippen molar-refractivity contribution in [1.29, 1.82) is 0 Å². The average molecular weight is 429 g/mol. The fourth-order valence-corrected chi connectivity index (χ4v) is 5.11. The van der Waals surface area contributed by atoms with E-state index in [4.69, 9.17) is 9.84 Å². The molecule has 0 aromatic heterocycles. The Labute approximate surface area is 188 Å². The molecular weight excluding hydrogens is 400 g/mol. The van der Waals surface area contributed by atoms with Crippen LogP contribution in [0.1, 0.15) is 15.9 Å². The first-order valence-corrected chi connectivity index (χ1v) is 11.1. The van der Waals surface area contributed by atoms with Gasteiger partial charge in [-0.15, -0.1) is 0 Å². The van der Waals surface area contributed by atoms with Gasteiger partial charge < -0.3 is 14.7 Å². The predicted molar refractivity (Wildman–Crippen MR) is 125 cm³/mol. The Bertz CT molecular complexity index is 1050. The van der Waals surface area contributed by atoms with Gasteiger partial charge in [0.15, 0.2) is 0 Å². The largest absolute Gasteiger partial charge is 0.493 e. The van der Waals surface area contributed by atoms with Gasteiger partial charge in [0.1, 0.15) is 5.75 Å². The van der Waals surface area contributed by atoms with Gasteiger partial charge in [-0.05, 0) is 42.0 Å². The molecular formula is C27H28N2O3. The smallest absolute Gasteiger partial charge is 0.335 e. The molecule has 164 valence electrons. The van der Waals surface area contributed by atoms with Crippen molar-refractivity contribution in [2.24, 2.45) is 11.3 Å². The van der Waals surface area contributed by atoms with Crippen LogP contribution in [0.4, 0.5) is 5.69 Å².